The molecule has 0 unspecified atom stereocenters. The Kier molecular flexibility index (Phi) is 5.09. The molecule has 0 saturated heterocycles. The number of carboxylic acid groups (broad SMARTS) is 1. The van der Waals surface area contributed by atoms with Gasteiger partial charge in [0.2, 0.25) is 0 Å². The number of carbonyl (C=O) groups is 1. The molecule has 0 radical (unpaired) electrons. The fourth-order valence-electron chi connectivity index (χ4n) is 2.69. The van der Waals surface area contributed by atoms with Crippen molar-refractivity contribution in [1.29, 1.82) is 0 Å². The predicted octanol–water partition coefficient (Wildman–Crippen LogP) is 4.26. The van der Waals surface area contributed by atoms with Crippen LogP contribution in [0.25, 0.3) is 10.9 Å². The number of fused-ring (bicyclic) bond motifs is 1. The Hall–Kier alpha value is -2.01. The summed E-state index contributed by atoms with van der Waals surface area (Å²) in [5, 5.41) is 14.6. The zero-order valence-corrected chi connectivity index (χ0v) is 14.2. The summed E-state index contributed by atoms with van der Waals surface area (Å²) >= 11 is 12.3. The van der Waals surface area contributed by atoms with Crippen LogP contribution < -0.4 is 5.32 Å². The van der Waals surface area contributed by atoms with Crippen molar-refractivity contribution in [1.82, 2.24) is 10.3 Å². The molecular formula is C18H16Cl2N2O2. The number of para-hydroxylation sites is 1. The number of rotatable bonds is 6. The fraction of sp³-hybridized carbons (Fsp3) is 0.167. The van der Waals surface area contributed by atoms with Gasteiger partial charge in [-0.05, 0) is 23.8 Å². The Balaban J connectivity index is 1.77. The Morgan fingerprint density at radius 3 is 2.54 bits per heavy atom. The zero-order valence-electron chi connectivity index (χ0n) is 12.7. The Morgan fingerprint density at radius 2 is 1.83 bits per heavy atom. The first-order valence-corrected chi connectivity index (χ1v) is 8.26. The van der Waals surface area contributed by atoms with Crippen LogP contribution in [-0.4, -0.2) is 22.1 Å². The molecule has 0 bridgehead atoms. The van der Waals surface area contributed by atoms with Crippen molar-refractivity contribution in [2.75, 3.05) is 0 Å². The molecule has 1 heterocycles. The first-order chi connectivity index (χ1) is 11.6. The summed E-state index contributed by atoms with van der Waals surface area (Å²) in [7, 11) is 0. The minimum atomic E-state index is -0.913. The molecular weight excluding hydrogens is 347 g/mol. The highest BCUT2D eigenvalue weighted by atomic mass is 35.5. The summed E-state index contributed by atoms with van der Waals surface area (Å²) < 4.78 is 0. The summed E-state index contributed by atoms with van der Waals surface area (Å²) in [6.07, 6.45) is 2.21. The maximum atomic E-state index is 11.6. The number of aromatic nitrogens is 1. The van der Waals surface area contributed by atoms with Crippen molar-refractivity contribution < 1.29 is 9.90 Å². The van der Waals surface area contributed by atoms with E-state index in [-0.39, 0.29) is 6.54 Å². The van der Waals surface area contributed by atoms with E-state index in [1.807, 2.05) is 30.5 Å². The molecule has 0 aliphatic carbocycles. The van der Waals surface area contributed by atoms with Crippen LogP contribution in [0.2, 0.25) is 10.0 Å². The molecule has 6 heteroatoms. The van der Waals surface area contributed by atoms with Crippen LogP contribution in [0, 0.1) is 0 Å². The van der Waals surface area contributed by atoms with E-state index < -0.39 is 12.0 Å². The van der Waals surface area contributed by atoms with Crippen LogP contribution in [0.3, 0.4) is 0 Å². The highest BCUT2D eigenvalue weighted by molar-refractivity contribution is 6.35. The molecule has 0 aliphatic heterocycles. The lowest BCUT2D eigenvalue weighted by Crippen LogP contribution is -2.38. The lowest BCUT2D eigenvalue weighted by atomic mass is 10.0. The molecule has 2 aromatic carbocycles. The number of halogens is 2. The minimum Gasteiger partial charge on any atom is -0.480 e. The number of hydrogen-bond donors (Lipinski definition) is 3. The quantitative estimate of drug-likeness (QED) is 0.613. The summed E-state index contributed by atoms with van der Waals surface area (Å²) in [5.41, 5.74) is 2.65. The van der Waals surface area contributed by atoms with Gasteiger partial charge in [-0.15, -0.1) is 0 Å². The van der Waals surface area contributed by atoms with E-state index in [1.165, 1.54) is 0 Å². The number of hydrogen-bond acceptors (Lipinski definition) is 2. The summed E-state index contributed by atoms with van der Waals surface area (Å²) in [6, 6.07) is 12.3. The standard InChI is InChI=1S/C18H16Cl2N2O2/c19-14-5-3-6-15(20)13(14)10-22-17(18(23)24)8-11-9-21-16-7-2-1-4-12(11)16/h1-7,9,17,21-22H,8,10H2,(H,23,24)/t17-/m0/s1. The highest BCUT2D eigenvalue weighted by Gasteiger charge is 2.20. The molecule has 3 N–H and O–H groups in total. The fourth-order valence-corrected chi connectivity index (χ4v) is 3.22. The summed E-state index contributed by atoms with van der Waals surface area (Å²) in [6.45, 7) is 0.290. The van der Waals surface area contributed by atoms with Gasteiger partial charge in [-0.1, -0.05) is 47.5 Å². The molecule has 1 atom stereocenters. The molecule has 3 rings (SSSR count). The van der Waals surface area contributed by atoms with Crippen molar-refractivity contribution in [3.63, 3.8) is 0 Å². The minimum absolute atomic E-state index is 0.290. The molecule has 0 saturated carbocycles. The molecule has 0 aliphatic rings. The predicted molar refractivity (Wildman–Crippen MR) is 96.7 cm³/mol. The third-order valence-electron chi connectivity index (χ3n) is 3.98. The van der Waals surface area contributed by atoms with Gasteiger partial charge < -0.3 is 10.1 Å². The molecule has 1 aromatic heterocycles. The van der Waals surface area contributed by atoms with Crippen LogP contribution in [-0.2, 0) is 17.8 Å². The van der Waals surface area contributed by atoms with Crippen LogP contribution in [0.1, 0.15) is 11.1 Å². The third kappa shape index (κ3) is 3.56. The Bertz CT molecular complexity index is 856. The smallest absolute Gasteiger partial charge is 0.321 e. The van der Waals surface area contributed by atoms with Crippen molar-refractivity contribution in [2.24, 2.45) is 0 Å². The van der Waals surface area contributed by atoms with E-state index >= 15 is 0 Å². The maximum absolute atomic E-state index is 11.6. The number of benzene rings is 2. The second kappa shape index (κ2) is 7.26. The first kappa shape index (κ1) is 16.8. The van der Waals surface area contributed by atoms with Gasteiger partial charge in [0.1, 0.15) is 6.04 Å². The van der Waals surface area contributed by atoms with E-state index in [2.05, 4.69) is 10.3 Å². The van der Waals surface area contributed by atoms with Gasteiger partial charge in [0.25, 0.3) is 0 Å². The molecule has 124 valence electrons. The number of aromatic amines is 1. The van der Waals surface area contributed by atoms with E-state index in [0.717, 1.165) is 16.5 Å². The monoisotopic (exact) mass is 362 g/mol. The SMILES string of the molecule is O=C(O)[C@H](Cc1c[nH]c2ccccc12)NCc1c(Cl)cccc1Cl. The molecule has 0 spiro atoms. The number of aliphatic carboxylic acids is 1. The van der Waals surface area contributed by atoms with E-state index in [9.17, 15) is 9.90 Å². The number of nitrogens with one attached hydrogen (secondary N) is 2. The van der Waals surface area contributed by atoms with Gasteiger partial charge in [0.15, 0.2) is 0 Å². The molecule has 3 aromatic rings. The highest BCUT2D eigenvalue weighted by Crippen LogP contribution is 2.24. The second-order valence-corrected chi connectivity index (χ2v) is 6.35. The molecule has 24 heavy (non-hydrogen) atoms. The maximum Gasteiger partial charge on any atom is 0.321 e. The van der Waals surface area contributed by atoms with Crippen molar-refractivity contribution in [3.8, 4) is 0 Å². The van der Waals surface area contributed by atoms with Crippen LogP contribution in [0.15, 0.2) is 48.7 Å². The lowest BCUT2D eigenvalue weighted by molar-refractivity contribution is -0.139. The van der Waals surface area contributed by atoms with Crippen LogP contribution >= 0.6 is 23.2 Å². The first-order valence-electron chi connectivity index (χ1n) is 7.50. The van der Waals surface area contributed by atoms with Gasteiger partial charge in [-0.3, -0.25) is 10.1 Å². The number of H-pyrrole nitrogens is 1. The van der Waals surface area contributed by atoms with E-state index in [4.69, 9.17) is 23.2 Å². The van der Waals surface area contributed by atoms with Gasteiger partial charge in [-0.2, -0.15) is 0 Å². The summed E-state index contributed by atoms with van der Waals surface area (Å²) in [5.74, 6) is -0.913. The largest absolute Gasteiger partial charge is 0.480 e. The normalized spacial score (nSPS) is 12.4. The lowest BCUT2D eigenvalue weighted by Gasteiger charge is -2.15. The zero-order chi connectivity index (χ0) is 17.1. The van der Waals surface area contributed by atoms with Gasteiger partial charge in [0.05, 0.1) is 0 Å². The second-order valence-electron chi connectivity index (χ2n) is 5.54. The van der Waals surface area contributed by atoms with E-state index in [1.54, 1.807) is 18.2 Å². The van der Waals surface area contributed by atoms with Crippen LogP contribution in [0.5, 0.6) is 0 Å². The average molecular weight is 363 g/mol. The van der Waals surface area contributed by atoms with Crippen molar-refractivity contribution in [2.45, 2.75) is 19.0 Å². The van der Waals surface area contributed by atoms with Crippen molar-refractivity contribution >= 4 is 40.1 Å². The Morgan fingerprint density at radius 1 is 1.12 bits per heavy atom. The van der Waals surface area contributed by atoms with Crippen LogP contribution in [0.4, 0.5) is 0 Å². The number of carboxylic acids is 1. The summed E-state index contributed by atoms with van der Waals surface area (Å²) in [4.78, 5) is 14.8. The molecule has 4 nitrogen and oxygen atoms in total. The van der Waals surface area contributed by atoms with Gasteiger partial charge in [0, 0.05) is 45.7 Å². The molecule has 0 amide bonds. The average Bonchev–Trinajstić information content (AvgIpc) is 2.96. The topological polar surface area (TPSA) is 65.1 Å². The molecule has 0 fully saturated rings. The van der Waals surface area contributed by atoms with Gasteiger partial charge >= 0.3 is 5.97 Å². The van der Waals surface area contributed by atoms with E-state index in [0.29, 0.717) is 22.0 Å². The van der Waals surface area contributed by atoms with Crippen molar-refractivity contribution in [3.05, 3.63) is 69.8 Å². The Labute approximate surface area is 149 Å². The third-order valence-corrected chi connectivity index (χ3v) is 4.69. The van der Waals surface area contributed by atoms with Gasteiger partial charge in [-0.25, -0.2) is 0 Å².